The summed E-state index contributed by atoms with van der Waals surface area (Å²) in [6, 6.07) is 5.43. The lowest BCUT2D eigenvalue weighted by Crippen LogP contribution is -2.37. The second kappa shape index (κ2) is 9.36. The summed E-state index contributed by atoms with van der Waals surface area (Å²) in [6.07, 6.45) is 2.61. The topological polar surface area (TPSA) is 50.4 Å². The summed E-state index contributed by atoms with van der Waals surface area (Å²) in [5, 5.41) is 7.24. The third kappa shape index (κ3) is 6.30. The first kappa shape index (κ1) is 18.4. The lowest BCUT2D eigenvalue weighted by molar-refractivity contribution is -0.121. The third-order valence-electron chi connectivity index (χ3n) is 3.19. The van der Waals surface area contributed by atoms with Gasteiger partial charge in [0.2, 0.25) is 5.91 Å². The van der Waals surface area contributed by atoms with Gasteiger partial charge in [-0.1, -0.05) is 23.2 Å². The van der Waals surface area contributed by atoms with Crippen LogP contribution < -0.4 is 15.4 Å². The third-order valence-corrected chi connectivity index (χ3v) is 3.72. The Bertz CT molecular complexity index is 466. The molecule has 4 nitrogen and oxygen atoms in total. The minimum Gasteiger partial charge on any atom is -0.491 e. The fourth-order valence-electron chi connectivity index (χ4n) is 2.10. The smallest absolute Gasteiger partial charge is 0.223 e. The summed E-state index contributed by atoms with van der Waals surface area (Å²) in [7, 11) is 0. The molecule has 1 unspecified atom stereocenters. The maximum absolute atomic E-state index is 11.7. The van der Waals surface area contributed by atoms with Crippen molar-refractivity contribution in [2.24, 2.45) is 0 Å². The summed E-state index contributed by atoms with van der Waals surface area (Å²) in [5.74, 6) is 0.533. The molecule has 1 aromatic carbocycles. The van der Waals surface area contributed by atoms with Crippen molar-refractivity contribution in [2.45, 2.75) is 25.3 Å². The van der Waals surface area contributed by atoms with Crippen molar-refractivity contribution in [2.75, 3.05) is 19.7 Å². The lowest BCUT2D eigenvalue weighted by Gasteiger charge is -2.12. The first-order valence-electron chi connectivity index (χ1n) is 6.73. The van der Waals surface area contributed by atoms with Crippen LogP contribution in [-0.4, -0.2) is 31.6 Å². The van der Waals surface area contributed by atoms with Crippen molar-refractivity contribution in [3.05, 3.63) is 28.2 Å². The van der Waals surface area contributed by atoms with E-state index in [0.29, 0.717) is 41.4 Å². The molecular weight excluding hydrogens is 335 g/mol. The van der Waals surface area contributed by atoms with Gasteiger partial charge in [0, 0.05) is 17.6 Å². The Morgan fingerprint density at radius 1 is 1.43 bits per heavy atom. The largest absolute Gasteiger partial charge is 0.491 e. The molecule has 1 fully saturated rings. The number of amides is 1. The minimum atomic E-state index is -0.0104. The number of carbonyl (C=O) groups is 1. The van der Waals surface area contributed by atoms with E-state index in [-0.39, 0.29) is 18.3 Å². The predicted molar refractivity (Wildman–Crippen MR) is 87.9 cm³/mol. The molecule has 0 bridgehead atoms. The average Bonchev–Trinajstić information content (AvgIpc) is 2.92. The van der Waals surface area contributed by atoms with Crippen molar-refractivity contribution >= 4 is 41.5 Å². The molecule has 0 aromatic heterocycles. The number of carbonyl (C=O) groups excluding carboxylic acids is 1. The van der Waals surface area contributed by atoms with Gasteiger partial charge in [-0.05, 0) is 37.6 Å². The molecule has 1 saturated heterocycles. The van der Waals surface area contributed by atoms with Crippen LogP contribution in [0.2, 0.25) is 10.0 Å². The van der Waals surface area contributed by atoms with Gasteiger partial charge in [-0.15, -0.1) is 12.4 Å². The molecule has 1 aliphatic rings. The van der Waals surface area contributed by atoms with E-state index >= 15 is 0 Å². The number of nitrogens with one attached hydrogen (secondary N) is 2. The van der Waals surface area contributed by atoms with E-state index in [1.54, 1.807) is 18.2 Å². The number of benzene rings is 1. The monoisotopic (exact) mass is 352 g/mol. The van der Waals surface area contributed by atoms with Crippen LogP contribution in [0.25, 0.3) is 0 Å². The van der Waals surface area contributed by atoms with Crippen molar-refractivity contribution in [1.29, 1.82) is 0 Å². The molecular formula is C14H19Cl3N2O2. The minimum absolute atomic E-state index is 0. The number of ether oxygens (including phenoxy) is 1. The molecule has 2 rings (SSSR count). The van der Waals surface area contributed by atoms with Gasteiger partial charge in [0.15, 0.2) is 0 Å². The highest BCUT2D eigenvalue weighted by atomic mass is 35.5. The van der Waals surface area contributed by atoms with E-state index in [2.05, 4.69) is 10.6 Å². The van der Waals surface area contributed by atoms with Gasteiger partial charge in [0.05, 0.1) is 18.1 Å². The zero-order valence-corrected chi connectivity index (χ0v) is 13.9. The number of hydrogen-bond acceptors (Lipinski definition) is 3. The molecule has 1 amide bonds. The summed E-state index contributed by atoms with van der Waals surface area (Å²) in [4.78, 5) is 11.7. The van der Waals surface area contributed by atoms with Crippen LogP contribution in [0, 0.1) is 0 Å². The van der Waals surface area contributed by atoms with Crippen LogP contribution in [0.3, 0.4) is 0 Å². The normalized spacial score (nSPS) is 17.1. The molecule has 7 heteroatoms. The number of rotatable bonds is 6. The van der Waals surface area contributed by atoms with Crippen LogP contribution >= 0.6 is 35.6 Å². The van der Waals surface area contributed by atoms with E-state index in [4.69, 9.17) is 27.9 Å². The van der Waals surface area contributed by atoms with E-state index in [9.17, 15) is 4.79 Å². The van der Waals surface area contributed by atoms with E-state index in [0.717, 1.165) is 13.0 Å². The molecule has 118 valence electrons. The molecule has 0 saturated carbocycles. The van der Waals surface area contributed by atoms with Crippen molar-refractivity contribution < 1.29 is 9.53 Å². The van der Waals surface area contributed by atoms with Crippen LogP contribution in [0.4, 0.5) is 0 Å². The molecule has 2 N–H and O–H groups in total. The average molecular weight is 354 g/mol. The molecule has 1 aromatic rings. The molecule has 0 spiro atoms. The van der Waals surface area contributed by atoms with Crippen molar-refractivity contribution in [1.82, 2.24) is 10.6 Å². The second-order valence-corrected chi connectivity index (χ2v) is 5.61. The number of halogens is 3. The quantitative estimate of drug-likeness (QED) is 0.826. The standard InChI is InChI=1S/C14H18Cl2N2O2.ClH/c15-10-3-4-13(12(16)8-10)20-7-5-14(19)18-9-11-2-1-6-17-11;/h3-4,8,11,17H,1-2,5-7,9H2,(H,18,19);1H. The van der Waals surface area contributed by atoms with Crippen molar-refractivity contribution in [3.63, 3.8) is 0 Å². The maximum Gasteiger partial charge on any atom is 0.223 e. The van der Waals surface area contributed by atoms with Crippen LogP contribution in [0.15, 0.2) is 18.2 Å². The van der Waals surface area contributed by atoms with Gasteiger partial charge >= 0.3 is 0 Å². The molecule has 1 atom stereocenters. The van der Waals surface area contributed by atoms with E-state index < -0.39 is 0 Å². The fourth-order valence-corrected chi connectivity index (χ4v) is 2.57. The first-order chi connectivity index (χ1) is 9.65. The Labute approximate surface area is 140 Å². The van der Waals surface area contributed by atoms with Gasteiger partial charge in [-0.2, -0.15) is 0 Å². The Kier molecular flexibility index (Phi) is 8.19. The second-order valence-electron chi connectivity index (χ2n) is 4.77. The summed E-state index contributed by atoms with van der Waals surface area (Å²) >= 11 is 11.8. The Morgan fingerprint density at radius 2 is 2.24 bits per heavy atom. The lowest BCUT2D eigenvalue weighted by atomic mass is 10.2. The summed E-state index contributed by atoms with van der Waals surface area (Å²) in [5.41, 5.74) is 0. The first-order valence-corrected chi connectivity index (χ1v) is 7.48. The molecule has 1 aliphatic heterocycles. The zero-order valence-electron chi connectivity index (χ0n) is 11.5. The summed E-state index contributed by atoms with van der Waals surface area (Å²) in [6.45, 7) is 2.02. The maximum atomic E-state index is 11.7. The fraction of sp³-hybridized carbons (Fsp3) is 0.500. The SMILES string of the molecule is Cl.O=C(CCOc1ccc(Cl)cc1Cl)NCC1CCCN1. The van der Waals surface area contributed by atoms with E-state index in [1.807, 2.05) is 0 Å². The highest BCUT2D eigenvalue weighted by Gasteiger charge is 2.14. The van der Waals surface area contributed by atoms with Gasteiger partial charge in [-0.25, -0.2) is 0 Å². The van der Waals surface area contributed by atoms with E-state index in [1.165, 1.54) is 6.42 Å². The molecule has 0 radical (unpaired) electrons. The van der Waals surface area contributed by atoms with Gasteiger partial charge < -0.3 is 15.4 Å². The molecule has 0 aliphatic carbocycles. The highest BCUT2D eigenvalue weighted by molar-refractivity contribution is 6.35. The molecule has 21 heavy (non-hydrogen) atoms. The van der Waals surface area contributed by atoms with Crippen LogP contribution in [0.1, 0.15) is 19.3 Å². The summed E-state index contributed by atoms with van der Waals surface area (Å²) < 4.78 is 5.47. The Morgan fingerprint density at radius 3 is 2.90 bits per heavy atom. The van der Waals surface area contributed by atoms with Gasteiger partial charge in [0.1, 0.15) is 5.75 Å². The molecule has 1 heterocycles. The van der Waals surface area contributed by atoms with Gasteiger partial charge in [-0.3, -0.25) is 4.79 Å². The van der Waals surface area contributed by atoms with Gasteiger partial charge in [0.25, 0.3) is 0 Å². The van der Waals surface area contributed by atoms with Crippen LogP contribution in [-0.2, 0) is 4.79 Å². The zero-order chi connectivity index (χ0) is 14.4. The predicted octanol–water partition coefficient (Wildman–Crippen LogP) is 3.05. The Balaban J connectivity index is 0.00000220. The number of hydrogen-bond donors (Lipinski definition) is 2. The Hall–Kier alpha value is -0.680. The van der Waals surface area contributed by atoms with Crippen LogP contribution in [0.5, 0.6) is 5.75 Å². The highest BCUT2D eigenvalue weighted by Crippen LogP contribution is 2.27. The van der Waals surface area contributed by atoms with Crippen molar-refractivity contribution in [3.8, 4) is 5.75 Å².